The summed E-state index contributed by atoms with van der Waals surface area (Å²) in [5.41, 5.74) is 0. The summed E-state index contributed by atoms with van der Waals surface area (Å²) in [6, 6.07) is 3.04. The second kappa shape index (κ2) is 6.26. The first-order chi connectivity index (χ1) is 7.67. The monoisotopic (exact) mass is 229 g/mol. The SMILES string of the molecule is COC(CNCc1ccc(C(=O)O)o1)OC. The smallest absolute Gasteiger partial charge is 0.371 e. The minimum atomic E-state index is -1.07. The predicted molar refractivity (Wildman–Crippen MR) is 55.2 cm³/mol. The van der Waals surface area contributed by atoms with Crippen molar-refractivity contribution in [2.75, 3.05) is 20.8 Å². The fourth-order valence-electron chi connectivity index (χ4n) is 1.16. The van der Waals surface area contributed by atoms with Gasteiger partial charge in [-0.05, 0) is 12.1 Å². The summed E-state index contributed by atoms with van der Waals surface area (Å²) in [6.45, 7) is 0.923. The zero-order valence-corrected chi connectivity index (χ0v) is 9.23. The molecule has 0 aliphatic heterocycles. The van der Waals surface area contributed by atoms with E-state index in [0.29, 0.717) is 18.8 Å². The van der Waals surface area contributed by atoms with Crippen molar-refractivity contribution < 1.29 is 23.8 Å². The number of carboxylic acid groups (broad SMARTS) is 1. The van der Waals surface area contributed by atoms with Gasteiger partial charge in [-0.2, -0.15) is 0 Å². The van der Waals surface area contributed by atoms with Gasteiger partial charge in [0.2, 0.25) is 5.76 Å². The molecular weight excluding hydrogens is 214 g/mol. The standard InChI is InChI=1S/C10H15NO5/c1-14-9(15-2)6-11-5-7-3-4-8(16-7)10(12)13/h3-4,9,11H,5-6H2,1-2H3,(H,12,13). The number of carbonyl (C=O) groups is 1. The lowest BCUT2D eigenvalue weighted by molar-refractivity contribution is -0.0990. The Kier molecular flexibility index (Phi) is 4.97. The summed E-state index contributed by atoms with van der Waals surface area (Å²) < 4.78 is 15.0. The Balaban J connectivity index is 2.34. The molecule has 0 unspecified atom stereocenters. The average Bonchev–Trinajstić information content (AvgIpc) is 2.73. The van der Waals surface area contributed by atoms with Crippen LogP contribution in [0.4, 0.5) is 0 Å². The van der Waals surface area contributed by atoms with Crippen molar-refractivity contribution >= 4 is 5.97 Å². The van der Waals surface area contributed by atoms with Crippen molar-refractivity contribution in [3.8, 4) is 0 Å². The van der Waals surface area contributed by atoms with Crippen LogP contribution >= 0.6 is 0 Å². The van der Waals surface area contributed by atoms with E-state index in [9.17, 15) is 4.79 Å². The number of aromatic carboxylic acids is 1. The molecule has 1 aromatic heterocycles. The predicted octanol–water partition coefficient (Wildman–Crippen LogP) is 0.686. The molecule has 0 aliphatic carbocycles. The molecule has 1 rings (SSSR count). The minimum Gasteiger partial charge on any atom is -0.475 e. The van der Waals surface area contributed by atoms with Crippen molar-refractivity contribution in [1.29, 1.82) is 0 Å². The maximum absolute atomic E-state index is 10.5. The van der Waals surface area contributed by atoms with Gasteiger partial charge in [-0.15, -0.1) is 0 Å². The molecule has 0 aromatic carbocycles. The summed E-state index contributed by atoms with van der Waals surface area (Å²) in [4.78, 5) is 10.5. The molecule has 16 heavy (non-hydrogen) atoms. The molecule has 0 bridgehead atoms. The molecule has 0 saturated heterocycles. The number of rotatable bonds is 7. The molecule has 0 atom stereocenters. The van der Waals surface area contributed by atoms with E-state index in [1.54, 1.807) is 20.3 Å². The van der Waals surface area contributed by atoms with E-state index in [1.165, 1.54) is 6.07 Å². The third-order valence-corrected chi connectivity index (χ3v) is 2.01. The summed E-state index contributed by atoms with van der Waals surface area (Å²) in [5, 5.41) is 11.7. The number of ether oxygens (including phenoxy) is 2. The van der Waals surface area contributed by atoms with Gasteiger partial charge in [-0.1, -0.05) is 0 Å². The van der Waals surface area contributed by atoms with Crippen molar-refractivity contribution in [1.82, 2.24) is 5.32 Å². The van der Waals surface area contributed by atoms with Gasteiger partial charge in [-0.3, -0.25) is 0 Å². The van der Waals surface area contributed by atoms with Crippen LogP contribution in [-0.2, 0) is 16.0 Å². The number of nitrogens with one attached hydrogen (secondary N) is 1. The third-order valence-electron chi connectivity index (χ3n) is 2.01. The second-order valence-corrected chi connectivity index (χ2v) is 3.10. The van der Waals surface area contributed by atoms with Gasteiger partial charge in [-0.25, -0.2) is 4.79 Å². The van der Waals surface area contributed by atoms with Crippen LogP contribution in [0.5, 0.6) is 0 Å². The zero-order valence-electron chi connectivity index (χ0n) is 9.23. The second-order valence-electron chi connectivity index (χ2n) is 3.10. The quantitative estimate of drug-likeness (QED) is 0.669. The van der Waals surface area contributed by atoms with Gasteiger partial charge in [0.1, 0.15) is 5.76 Å². The Morgan fingerprint density at radius 3 is 2.69 bits per heavy atom. The zero-order chi connectivity index (χ0) is 12.0. The molecule has 1 aromatic rings. The van der Waals surface area contributed by atoms with Crippen LogP contribution in [0.3, 0.4) is 0 Å². The van der Waals surface area contributed by atoms with Crippen LogP contribution in [-0.4, -0.2) is 38.1 Å². The first-order valence-corrected chi connectivity index (χ1v) is 4.75. The molecular formula is C10H15NO5. The Morgan fingerprint density at radius 1 is 1.50 bits per heavy atom. The summed E-state index contributed by atoms with van der Waals surface area (Å²) in [6.07, 6.45) is -0.325. The summed E-state index contributed by atoms with van der Waals surface area (Å²) >= 11 is 0. The van der Waals surface area contributed by atoms with Crippen molar-refractivity contribution in [3.05, 3.63) is 23.7 Å². The fourth-order valence-corrected chi connectivity index (χ4v) is 1.16. The molecule has 0 spiro atoms. The summed E-state index contributed by atoms with van der Waals surface area (Å²) in [7, 11) is 3.09. The Morgan fingerprint density at radius 2 is 2.19 bits per heavy atom. The number of hydrogen-bond donors (Lipinski definition) is 2. The lowest BCUT2D eigenvalue weighted by Gasteiger charge is -2.13. The molecule has 0 radical (unpaired) electrons. The highest BCUT2D eigenvalue weighted by molar-refractivity contribution is 5.84. The van der Waals surface area contributed by atoms with Crippen LogP contribution in [0.15, 0.2) is 16.5 Å². The van der Waals surface area contributed by atoms with E-state index >= 15 is 0 Å². The van der Waals surface area contributed by atoms with Gasteiger partial charge < -0.3 is 24.3 Å². The number of furan rings is 1. The molecule has 0 aliphatic rings. The number of methoxy groups -OCH3 is 2. The fraction of sp³-hybridized carbons (Fsp3) is 0.500. The molecule has 0 amide bonds. The Labute approximate surface area is 93.1 Å². The highest BCUT2D eigenvalue weighted by Crippen LogP contribution is 2.07. The Hall–Kier alpha value is -1.37. The lowest BCUT2D eigenvalue weighted by atomic mass is 10.4. The molecule has 0 saturated carbocycles. The maximum atomic E-state index is 10.5. The normalized spacial score (nSPS) is 10.9. The number of carboxylic acids is 1. The van der Waals surface area contributed by atoms with E-state index in [1.807, 2.05) is 0 Å². The lowest BCUT2D eigenvalue weighted by Crippen LogP contribution is -2.29. The molecule has 0 fully saturated rings. The van der Waals surface area contributed by atoms with E-state index in [2.05, 4.69) is 5.32 Å². The van der Waals surface area contributed by atoms with Crippen LogP contribution in [0.25, 0.3) is 0 Å². The third kappa shape index (κ3) is 3.65. The van der Waals surface area contributed by atoms with Crippen LogP contribution in [0, 0.1) is 0 Å². The number of hydrogen-bond acceptors (Lipinski definition) is 5. The van der Waals surface area contributed by atoms with Gasteiger partial charge >= 0.3 is 5.97 Å². The van der Waals surface area contributed by atoms with E-state index in [0.717, 1.165) is 0 Å². The van der Waals surface area contributed by atoms with E-state index < -0.39 is 5.97 Å². The first-order valence-electron chi connectivity index (χ1n) is 4.75. The highest BCUT2D eigenvalue weighted by Gasteiger charge is 2.09. The summed E-state index contributed by atoms with van der Waals surface area (Å²) in [5.74, 6) is -0.576. The van der Waals surface area contributed by atoms with Gasteiger partial charge in [0.15, 0.2) is 6.29 Å². The average molecular weight is 229 g/mol. The van der Waals surface area contributed by atoms with Gasteiger partial charge in [0.25, 0.3) is 0 Å². The van der Waals surface area contributed by atoms with Crippen molar-refractivity contribution in [2.45, 2.75) is 12.8 Å². The molecule has 2 N–H and O–H groups in total. The molecule has 6 heteroatoms. The van der Waals surface area contributed by atoms with Gasteiger partial charge in [0.05, 0.1) is 6.54 Å². The van der Waals surface area contributed by atoms with E-state index in [-0.39, 0.29) is 12.1 Å². The molecule has 1 heterocycles. The molecule has 6 nitrogen and oxygen atoms in total. The van der Waals surface area contributed by atoms with Crippen LogP contribution in [0.2, 0.25) is 0 Å². The highest BCUT2D eigenvalue weighted by atomic mass is 16.7. The van der Waals surface area contributed by atoms with Crippen LogP contribution in [0.1, 0.15) is 16.3 Å². The minimum absolute atomic E-state index is 0.0631. The largest absolute Gasteiger partial charge is 0.475 e. The molecule has 90 valence electrons. The van der Waals surface area contributed by atoms with Crippen molar-refractivity contribution in [3.63, 3.8) is 0 Å². The Bertz CT molecular complexity index is 332. The topological polar surface area (TPSA) is 80.9 Å². The van der Waals surface area contributed by atoms with Crippen LogP contribution < -0.4 is 5.32 Å². The van der Waals surface area contributed by atoms with E-state index in [4.69, 9.17) is 19.0 Å². The first kappa shape index (κ1) is 12.7. The van der Waals surface area contributed by atoms with Gasteiger partial charge in [0, 0.05) is 20.8 Å². The maximum Gasteiger partial charge on any atom is 0.371 e. The van der Waals surface area contributed by atoms with Crippen molar-refractivity contribution in [2.24, 2.45) is 0 Å².